The van der Waals surface area contributed by atoms with Crippen LogP contribution < -0.4 is 16.2 Å². The molecule has 0 spiro atoms. The minimum absolute atomic E-state index is 0.0834. The van der Waals surface area contributed by atoms with Gasteiger partial charge in [-0.15, -0.1) is 0 Å². The van der Waals surface area contributed by atoms with Crippen LogP contribution in [-0.4, -0.2) is 13.2 Å². The van der Waals surface area contributed by atoms with Crippen LogP contribution in [0.25, 0.3) is 0 Å². The number of ether oxygens (including phenoxy) is 1. The molecule has 0 bridgehead atoms. The molecular weight excluding hydrogens is 224 g/mol. The Morgan fingerprint density at radius 2 is 1.94 bits per heavy atom. The van der Waals surface area contributed by atoms with Gasteiger partial charge in [-0.1, -0.05) is 6.07 Å². The molecule has 2 rings (SSSR count). The van der Waals surface area contributed by atoms with Gasteiger partial charge in [0.1, 0.15) is 5.75 Å². The Morgan fingerprint density at radius 1 is 1.28 bits per heavy atom. The van der Waals surface area contributed by atoms with Crippen molar-refractivity contribution in [2.45, 2.75) is 39.7 Å². The molecule has 1 aromatic carbocycles. The van der Waals surface area contributed by atoms with Gasteiger partial charge in [0, 0.05) is 12.6 Å². The van der Waals surface area contributed by atoms with Crippen LogP contribution in [0.1, 0.15) is 41.1 Å². The lowest BCUT2D eigenvalue weighted by Crippen LogP contribution is -2.22. The van der Waals surface area contributed by atoms with Crippen LogP contribution in [-0.2, 0) is 0 Å². The first-order valence-electron chi connectivity index (χ1n) is 6.73. The number of benzene rings is 1. The van der Waals surface area contributed by atoms with Crippen molar-refractivity contribution in [3.05, 3.63) is 28.3 Å². The van der Waals surface area contributed by atoms with E-state index in [2.05, 4.69) is 26.8 Å². The van der Waals surface area contributed by atoms with E-state index in [9.17, 15) is 0 Å². The number of hydrogen-bond acceptors (Lipinski definition) is 3. The first kappa shape index (κ1) is 13.4. The molecule has 4 N–H and O–H groups in total. The van der Waals surface area contributed by atoms with E-state index in [0.29, 0.717) is 6.54 Å². The standard InChI is InChI=1S/C15H24N2O/c1-9-6-13(14(17)7-16)10(2)11(3)15(9)18-8-12-4-5-12/h6,12,14H,4-5,7-8,16-17H2,1-3H3. The Hall–Kier alpha value is -1.06. The van der Waals surface area contributed by atoms with Crippen molar-refractivity contribution in [1.82, 2.24) is 0 Å². The SMILES string of the molecule is Cc1cc(C(N)CN)c(C)c(C)c1OCC1CC1. The third kappa shape index (κ3) is 2.68. The Labute approximate surface area is 110 Å². The average molecular weight is 248 g/mol. The fourth-order valence-electron chi connectivity index (χ4n) is 2.31. The maximum absolute atomic E-state index is 6.05. The molecule has 1 atom stereocenters. The van der Waals surface area contributed by atoms with Gasteiger partial charge in [0.25, 0.3) is 0 Å². The third-order valence-corrected chi connectivity index (χ3v) is 3.88. The van der Waals surface area contributed by atoms with Crippen LogP contribution >= 0.6 is 0 Å². The van der Waals surface area contributed by atoms with Crippen LogP contribution in [0.4, 0.5) is 0 Å². The van der Waals surface area contributed by atoms with E-state index < -0.39 is 0 Å². The lowest BCUT2D eigenvalue weighted by Gasteiger charge is -2.20. The van der Waals surface area contributed by atoms with Crippen molar-refractivity contribution in [3.63, 3.8) is 0 Å². The minimum atomic E-state index is -0.0834. The van der Waals surface area contributed by atoms with Gasteiger partial charge in [0.2, 0.25) is 0 Å². The molecule has 0 aliphatic heterocycles. The maximum atomic E-state index is 6.05. The molecule has 100 valence electrons. The summed E-state index contributed by atoms with van der Waals surface area (Å²) >= 11 is 0. The molecule has 1 unspecified atom stereocenters. The van der Waals surface area contributed by atoms with Crippen molar-refractivity contribution in [2.24, 2.45) is 17.4 Å². The molecule has 1 aromatic rings. The number of nitrogens with two attached hydrogens (primary N) is 2. The van der Waals surface area contributed by atoms with Gasteiger partial charge in [-0.3, -0.25) is 0 Å². The summed E-state index contributed by atoms with van der Waals surface area (Å²) in [5.74, 6) is 1.81. The molecule has 0 radical (unpaired) electrons. The molecular formula is C15H24N2O. The number of hydrogen-bond donors (Lipinski definition) is 2. The first-order chi connectivity index (χ1) is 8.54. The topological polar surface area (TPSA) is 61.3 Å². The summed E-state index contributed by atoms with van der Waals surface area (Å²) in [4.78, 5) is 0. The fourth-order valence-corrected chi connectivity index (χ4v) is 2.31. The van der Waals surface area contributed by atoms with Gasteiger partial charge in [0.15, 0.2) is 0 Å². The second kappa shape index (κ2) is 5.29. The van der Waals surface area contributed by atoms with Crippen LogP contribution in [0, 0.1) is 26.7 Å². The van der Waals surface area contributed by atoms with Crippen LogP contribution in [0.5, 0.6) is 5.75 Å². The summed E-state index contributed by atoms with van der Waals surface area (Å²) < 4.78 is 5.97. The molecule has 1 aliphatic rings. The fraction of sp³-hybridized carbons (Fsp3) is 0.600. The molecule has 0 heterocycles. The monoisotopic (exact) mass is 248 g/mol. The molecule has 0 saturated heterocycles. The van der Waals surface area contributed by atoms with Gasteiger partial charge < -0.3 is 16.2 Å². The summed E-state index contributed by atoms with van der Waals surface area (Å²) in [6, 6.07) is 2.04. The molecule has 1 saturated carbocycles. The molecule has 3 nitrogen and oxygen atoms in total. The second-order valence-electron chi connectivity index (χ2n) is 5.46. The van der Waals surface area contributed by atoms with Crippen molar-refractivity contribution in [3.8, 4) is 5.75 Å². The molecule has 3 heteroatoms. The lowest BCUT2D eigenvalue weighted by molar-refractivity contribution is 0.295. The number of aryl methyl sites for hydroxylation is 1. The lowest BCUT2D eigenvalue weighted by atomic mass is 9.94. The van der Waals surface area contributed by atoms with E-state index in [1.54, 1.807) is 0 Å². The normalized spacial score (nSPS) is 16.7. The van der Waals surface area contributed by atoms with Gasteiger partial charge in [-0.2, -0.15) is 0 Å². The highest BCUT2D eigenvalue weighted by atomic mass is 16.5. The summed E-state index contributed by atoms with van der Waals surface area (Å²) in [5.41, 5.74) is 16.4. The van der Waals surface area contributed by atoms with Gasteiger partial charge in [-0.05, 0) is 61.8 Å². The summed E-state index contributed by atoms with van der Waals surface area (Å²) in [5, 5.41) is 0. The van der Waals surface area contributed by atoms with Crippen molar-refractivity contribution >= 4 is 0 Å². The molecule has 0 amide bonds. The molecule has 0 aromatic heterocycles. The zero-order valence-corrected chi connectivity index (χ0v) is 11.6. The van der Waals surface area contributed by atoms with Crippen LogP contribution in [0.15, 0.2) is 6.07 Å². The highest BCUT2D eigenvalue weighted by molar-refractivity contribution is 5.50. The zero-order valence-electron chi connectivity index (χ0n) is 11.6. The maximum Gasteiger partial charge on any atom is 0.125 e. The third-order valence-electron chi connectivity index (χ3n) is 3.88. The Bertz CT molecular complexity index is 439. The van der Waals surface area contributed by atoms with E-state index in [1.807, 2.05) is 0 Å². The predicted molar refractivity (Wildman–Crippen MR) is 74.9 cm³/mol. The Morgan fingerprint density at radius 3 is 2.50 bits per heavy atom. The van der Waals surface area contributed by atoms with Gasteiger partial charge in [0.05, 0.1) is 6.61 Å². The molecule has 1 aliphatic carbocycles. The van der Waals surface area contributed by atoms with E-state index in [0.717, 1.165) is 29.4 Å². The highest BCUT2D eigenvalue weighted by Gasteiger charge is 2.23. The largest absolute Gasteiger partial charge is 0.493 e. The van der Waals surface area contributed by atoms with E-state index >= 15 is 0 Å². The molecule has 18 heavy (non-hydrogen) atoms. The predicted octanol–water partition coefficient (Wildman–Crippen LogP) is 2.36. The van der Waals surface area contributed by atoms with Crippen LogP contribution in [0.2, 0.25) is 0 Å². The van der Waals surface area contributed by atoms with E-state index in [-0.39, 0.29) is 6.04 Å². The smallest absolute Gasteiger partial charge is 0.125 e. The summed E-state index contributed by atoms with van der Waals surface area (Å²) in [7, 11) is 0. The summed E-state index contributed by atoms with van der Waals surface area (Å²) in [6.45, 7) is 7.62. The Balaban J connectivity index is 2.27. The zero-order chi connectivity index (χ0) is 13.3. The summed E-state index contributed by atoms with van der Waals surface area (Å²) in [6.07, 6.45) is 2.63. The van der Waals surface area contributed by atoms with Gasteiger partial charge in [-0.25, -0.2) is 0 Å². The highest BCUT2D eigenvalue weighted by Crippen LogP contribution is 2.34. The van der Waals surface area contributed by atoms with E-state index in [4.69, 9.17) is 16.2 Å². The van der Waals surface area contributed by atoms with E-state index in [1.165, 1.54) is 24.0 Å². The van der Waals surface area contributed by atoms with Crippen molar-refractivity contribution in [2.75, 3.05) is 13.2 Å². The van der Waals surface area contributed by atoms with Gasteiger partial charge >= 0.3 is 0 Å². The van der Waals surface area contributed by atoms with Crippen LogP contribution in [0.3, 0.4) is 0 Å². The van der Waals surface area contributed by atoms with Crippen molar-refractivity contribution in [1.29, 1.82) is 0 Å². The quantitative estimate of drug-likeness (QED) is 0.841. The van der Waals surface area contributed by atoms with Crippen molar-refractivity contribution < 1.29 is 4.74 Å². The Kier molecular flexibility index (Phi) is 3.93. The molecule has 1 fully saturated rings. The minimum Gasteiger partial charge on any atom is -0.493 e. The first-order valence-corrected chi connectivity index (χ1v) is 6.73. The second-order valence-corrected chi connectivity index (χ2v) is 5.46. The number of rotatable bonds is 5. The average Bonchev–Trinajstić information content (AvgIpc) is 3.16.